The van der Waals surface area contributed by atoms with Gasteiger partial charge < -0.3 is 14.6 Å². The summed E-state index contributed by atoms with van der Waals surface area (Å²) in [5, 5.41) is 9.89. The molecule has 7 nitrogen and oxygen atoms in total. The van der Waals surface area contributed by atoms with E-state index in [1.807, 2.05) is 0 Å². The Morgan fingerprint density at radius 3 is 2.70 bits per heavy atom. The molecule has 0 fully saturated rings. The number of nitrogens with zero attached hydrogens (tertiary/aromatic N) is 3. The molecule has 0 aliphatic rings. The van der Waals surface area contributed by atoms with Gasteiger partial charge in [-0.3, -0.25) is 4.79 Å². The van der Waals surface area contributed by atoms with Crippen molar-refractivity contribution in [3.05, 3.63) is 54.2 Å². The lowest BCUT2D eigenvalue weighted by Gasteiger charge is -2.07. The van der Waals surface area contributed by atoms with Crippen LogP contribution in [0.5, 0.6) is 0 Å². The summed E-state index contributed by atoms with van der Waals surface area (Å²) >= 11 is 0. The molecule has 2 heterocycles. The lowest BCUT2D eigenvalue weighted by Crippen LogP contribution is -2.18. The van der Waals surface area contributed by atoms with Crippen molar-refractivity contribution >= 4 is 11.6 Å². The largest absolute Gasteiger partial charge is 0.411 e. The zero-order valence-corrected chi connectivity index (χ0v) is 13.5. The van der Waals surface area contributed by atoms with Crippen LogP contribution in [-0.2, 0) is 11.5 Å². The molecular weight excluding hydrogens is 372 g/mol. The molecule has 142 valence electrons. The second-order valence-electron chi connectivity index (χ2n) is 5.40. The summed E-state index contributed by atoms with van der Waals surface area (Å²) in [5.41, 5.74) is 0.745. The first-order valence-electron chi connectivity index (χ1n) is 7.51. The normalized spacial score (nSPS) is 11.6. The van der Waals surface area contributed by atoms with Gasteiger partial charge in [-0.2, -0.15) is 18.3 Å². The molecule has 0 bridgehead atoms. The number of carbonyl (C=O) groups is 1. The van der Waals surface area contributed by atoms with Gasteiger partial charge in [0.2, 0.25) is 0 Å². The predicted molar refractivity (Wildman–Crippen MR) is 84.1 cm³/mol. The van der Waals surface area contributed by atoms with Gasteiger partial charge >= 0.3 is 6.18 Å². The van der Waals surface area contributed by atoms with Crippen LogP contribution in [0.1, 0.15) is 10.5 Å². The molecular formula is C16H12F4N4O3. The lowest BCUT2D eigenvalue weighted by atomic mass is 10.1. The molecule has 0 atom stereocenters. The third-order valence-corrected chi connectivity index (χ3v) is 3.25. The molecule has 0 saturated carbocycles. The van der Waals surface area contributed by atoms with Crippen LogP contribution < -0.4 is 5.32 Å². The predicted octanol–water partition coefficient (Wildman–Crippen LogP) is 3.47. The Balaban J connectivity index is 1.59. The average molecular weight is 384 g/mol. The van der Waals surface area contributed by atoms with Crippen molar-refractivity contribution < 1.29 is 31.6 Å². The summed E-state index contributed by atoms with van der Waals surface area (Å²) in [7, 11) is 0. The fraction of sp³-hybridized carbons (Fsp3) is 0.188. The molecule has 0 aliphatic carbocycles. The molecule has 0 spiro atoms. The Bertz CT molecular complexity index is 918. The minimum Gasteiger partial charge on any atom is -0.355 e. The number of alkyl halides is 3. The molecule has 1 aromatic carbocycles. The van der Waals surface area contributed by atoms with Crippen LogP contribution in [0, 0.1) is 5.82 Å². The number of halogens is 4. The van der Waals surface area contributed by atoms with Crippen molar-refractivity contribution in [3.63, 3.8) is 0 Å². The second kappa shape index (κ2) is 7.58. The van der Waals surface area contributed by atoms with Gasteiger partial charge in [0.05, 0.1) is 18.1 Å². The fourth-order valence-electron chi connectivity index (χ4n) is 2.08. The third-order valence-electron chi connectivity index (χ3n) is 3.25. The standard InChI is InChI=1S/C16H12F4N4O3/c17-11-3-1-10(2-4-11)14-5-13(23-27-14)15(25)22-12-6-21-24(7-12)9-26-8-16(18,19)20/h1-7H,8-9H2,(H,22,25). The topological polar surface area (TPSA) is 82.2 Å². The number of rotatable bonds is 6. The first-order chi connectivity index (χ1) is 12.8. The molecule has 3 rings (SSSR count). The van der Waals surface area contributed by atoms with Crippen LogP contribution in [0.4, 0.5) is 23.2 Å². The Labute approximate surface area is 149 Å². The maximum absolute atomic E-state index is 12.9. The van der Waals surface area contributed by atoms with Crippen molar-refractivity contribution in [3.8, 4) is 11.3 Å². The average Bonchev–Trinajstić information content (AvgIpc) is 3.24. The van der Waals surface area contributed by atoms with Crippen molar-refractivity contribution in [2.75, 3.05) is 11.9 Å². The van der Waals surface area contributed by atoms with Gasteiger partial charge in [-0.15, -0.1) is 0 Å². The summed E-state index contributed by atoms with van der Waals surface area (Å²) in [6.45, 7) is -1.83. The van der Waals surface area contributed by atoms with E-state index in [-0.39, 0.29) is 17.1 Å². The molecule has 11 heteroatoms. The van der Waals surface area contributed by atoms with Crippen LogP contribution >= 0.6 is 0 Å². The number of ether oxygens (including phenoxy) is 1. The van der Waals surface area contributed by atoms with E-state index in [9.17, 15) is 22.4 Å². The van der Waals surface area contributed by atoms with Gasteiger partial charge in [-0.1, -0.05) is 5.16 Å². The zero-order chi connectivity index (χ0) is 19.4. The molecule has 1 N–H and O–H groups in total. The number of aromatic nitrogens is 3. The van der Waals surface area contributed by atoms with Crippen LogP contribution in [0.25, 0.3) is 11.3 Å². The van der Waals surface area contributed by atoms with E-state index in [1.165, 1.54) is 42.7 Å². The summed E-state index contributed by atoms with van der Waals surface area (Å²) in [6, 6.07) is 6.81. The van der Waals surface area contributed by atoms with E-state index >= 15 is 0 Å². The monoisotopic (exact) mass is 384 g/mol. The number of nitrogens with one attached hydrogen (secondary N) is 1. The van der Waals surface area contributed by atoms with Crippen molar-refractivity contribution in [2.45, 2.75) is 12.9 Å². The van der Waals surface area contributed by atoms with E-state index in [1.54, 1.807) is 0 Å². The minimum absolute atomic E-state index is 0.0320. The van der Waals surface area contributed by atoms with Gasteiger partial charge in [0.25, 0.3) is 5.91 Å². The number of amides is 1. The summed E-state index contributed by atoms with van der Waals surface area (Å²) in [5.74, 6) is -0.744. The highest BCUT2D eigenvalue weighted by atomic mass is 19.4. The molecule has 0 radical (unpaired) electrons. The highest BCUT2D eigenvalue weighted by Gasteiger charge is 2.27. The van der Waals surface area contributed by atoms with E-state index in [0.717, 1.165) is 4.68 Å². The lowest BCUT2D eigenvalue weighted by molar-refractivity contribution is -0.182. The van der Waals surface area contributed by atoms with Crippen LogP contribution in [0.15, 0.2) is 47.2 Å². The Morgan fingerprint density at radius 1 is 1.26 bits per heavy atom. The van der Waals surface area contributed by atoms with Gasteiger partial charge in [0.1, 0.15) is 19.2 Å². The highest BCUT2D eigenvalue weighted by Crippen LogP contribution is 2.21. The van der Waals surface area contributed by atoms with E-state index < -0.39 is 31.2 Å². The highest BCUT2D eigenvalue weighted by molar-refractivity contribution is 6.03. The molecule has 0 saturated heterocycles. The Morgan fingerprint density at radius 2 is 2.00 bits per heavy atom. The molecule has 3 aromatic rings. The van der Waals surface area contributed by atoms with Gasteiger partial charge in [0.15, 0.2) is 11.5 Å². The van der Waals surface area contributed by atoms with E-state index in [4.69, 9.17) is 4.52 Å². The third kappa shape index (κ3) is 5.14. The minimum atomic E-state index is -4.43. The first kappa shape index (κ1) is 18.6. The molecule has 2 aromatic heterocycles. The summed E-state index contributed by atoms with van der Waals surface area (Å²) in [4.78, 5) is 12.2. The Hall–Kier alpha value is -3.21. The van der Waals surface area contributed by atoms with Crippen molar-refractivity contribution in [1.29, 1.82) is 0 Å². The van der Waals surface area contributed by atoms with Crippen LogP contribution in [-0.4, -0.2) is 33.6 Å². The molecule has 27 heavy (non-hydrogen) atoms. The van der Waals surface area contributed by atoms with E-state index in [2.05, 4.69) is 20.3 Å². The second-order valence-corrected chi connectivity index (χ2v) is 5.40. The van der Waals surface area contributed by atoms with Crippen LogP contribution in [0.2, 0.25) is 0 Å². The Kier molecular flexibility index (Phi) is 5.21. The maximum Gasteiger partial charge on any atom is 0.411 e. The maximum atomic E-state index is 12.9. The van der Waals surface area contributed by atoms with Crippen LogP contribution in [0.3, 0.4) is 0 Å². The molecule has 1 amide bonds. The summed E-state index contributed by atoms with van der Waals surface area (Å²) in [6.07, 6.45) is -1.88. The smallest absolute Gasteiger partial charge is 0.355 e. The molecule has 0 aliphatic heterocycles. The van der Waals surface area contributed by atoms with Gasteiger partial charge in [0, 0.05) is 11.6 Å². The quantitative estimate of drug-likeness (QED) is 0.658. The number of anilines is 1. The molecule has 0 unspecified atom stereocenters. The summed E-state index contributed by atoms with van der Waals surface area (Å²) < 4.78 is 59.6. The number of hydrogen-bond acceptors (Lipinski definition) is 5. The van der Waals surface area contributed by atoms with Gasteiger partial charge in [-0.05, 0) is 24.3 Å². The number of carbonyl (C=O) groups excluding carboxylic acids is 1. The van der Waals surface area contributed by atoms with Gasteiger partial charge in [-0.25, -0.2) is 9.07 Å². The fourth-order valence-corrected chi connectivity index (χ4v) is 2.08. The first-order valence-corrected chi connectivity index (χ1v) is 7.51. The van der Waals surface area contributed by atoms with E-state index in [0.29, 0.717) is 5.56 Å². The van der Waals surface area contributed by atoms with Crippen molar-refractivity contribution in [1.82, 2.24) is 14.9 Å². The number of hydrogen-bond donors (Lipinski definition) is 1. The zero-order valence-electron chi connectivity index (χ0n) is 13.5. The SMILES string of the molecule is O=C(Nc1cnn(COCC(F)(F)F)c1)c1cc(-c2ccc(F)cc2)on1. The number of benzene rings is 1. The van der Waals surface area contributed by atoms with Crippen molar-refractivity contribution in [2.24, 2.45) is 0 Å².